The lowest BCUT2D eigenvalue weighted by molar-refractivity contribution is 0.441. The molecule has 2 aromatic carbocycles. The lowest BCUT2D eigenvalue weighted by Gasteiger charge is -2.07. The summed E-state index contributed by atoms with van der Waals surface area (Å²) in [5, 5.41) is 0. The van der Waals surface area contributed by atoms with Crippen LogP contribution in [0, 0.1) is 18.6 Å². The summed E-state index contributed by atoms with van der Waals surface area (Å²) in [7, 11) is 0. The number of ether oxygens (including phenoxy) is 1. The summed E-state index contributed by atoms with van der Waals surface area (Å²) in [5.74, 6) is -0.375. The largest absolute Gasteiger partial charge is 0.454 e. The molecule has 0 aliphatic heterocycles. The highest BCUT2D eigenvalue weighted by molar-refractivity contribution is 5.36. The summed E-state index contributed by atoms with van der Waals surface area (Å²) in [6, 6.07) is 9.68. The average Bonchev–Trinajstić information content (AvgIpc) is 2.27. The molecule has 1 nitrogen and oxygen atoms in total. The molecule has 0 saturated carbocycles. The molecule has 81 valence electrons. The van der Waals surface area contributed by atoms with Gasteiger partial charge in [0.2, 0.25) is 0 Å². The first kappa shape index (κ1) is 10.6. The van der Waals surface area contributed by atoms with E-state index in [1.165, 1.54) is 36.4 Å². The van der Waals surface area contributed by atoms with Crippen molar-refractivity contribution in [3.63, 3.8) is 0 Å². The molecule has 0 aromatic heterocycles. The van der Waals surface area contributed by atoms with Crippen molar-refractivity contribution in [2.45, 2.75) is 0 Å². The highest BCUT2D eigenvalue weighted by atomic mass is 19.1. The van der Waals surface area contributed by atoms with Crippen molar-refractivity contribution in [3.05, 3.63) is 66.6 Å². The number of hydrogen-bond donors (Lipinski definition) is 0. The smallest absolute Gasteiger partial charge is 0.165 e. The molecule has 0 saturated heterocycles. The normalized spacial score (nSPS) is 10.2. The van der Waals surface area contributed by atoms with Crippen molar-refractivity contribution in [3.8, 4) is 11.5 Å². The van der Waals surface area contributed by atoms with E-state index in [-0.39, 0.29) is 11.6 Å². The van der Waals surface area contributed by atoms with Gasteiger partial charge in [0.05, 0.1) is 0 Å². The van der Waals surface area contributed by atoms with Crippen LogP contribution in [0.2, 0.25) is 0 Å². The molecular weight excluding hydrogens is 210 g/mol. The van der Waals surface area contributed by atoms with Gasteiger partial charge < -0.3 is 4.74 Å². The monoisotopic (exact) mass is 219 g/mol. The SMILES string of the molecule is [CH2]c1ccc(F)c(Oc2ccc(F)cc2)c1. The van der Waals surface area contributed by atoms with Gasteiger partial charge in [-0.25, -0.2) is 8.78 Å². The molecule has 0 aliphatic rings. The third-order valence-electron chi connectivity index (χ3n) is 2.04. The van der Waals surface area contributed by atoms with Crippen molar-refractivity contribution in [2.75, 3.05) is 0 Å². The molecule has 0 atom stereocenters. The van der Waals surface area contributed by atoms with E-state index in [0.29, 0.717) is 11.3 Å². The second kappa shape index (κ2) is 4.31. The molecule has 0 N–H and O–H groups in total. The van der Waals surface area contributed by atoms with Crippen molar-refractivity contribution >= 4 is 0 Å². The lowest BCUT2D eigenvalue weighted by Crippen LogP contribution is -1.89. The minimum Gasteiger partial charge on any atom is -0.454 e. The van der Waals surface area contributed by atoms with Gasteiger partial charge in [-0.15, -0.1) is 0 Å². The molecular formula is C13H9F2O. The van der Waals surface area contributed by atoms with E-state index in [9.17, 15) is 8.78 Å². The minimum absolute atomic E-state index is 0.0825. The van der Waals surface area contributed by atoms with E-state index in [1.54, 1.807) is 6.07 Å². The topological polar surface area (TPSA) is 9.23 Å². The van der Waals surface area contributed by atoms with Crippen molar-refractivity contribution in [1.82, 2.24) is 0 Å². The second-order valence-corrected chi connectivity index (χ2v) is 3.32. The molecule has 2 aromatic rings. The number of rotatable bonds is 2. The van der Waals surface area contributed by atoms with Crippen molar-refractivity contribution in [2.24, 2.45) is 0 Å². The maximum atomic E-state index is 13.3. The maximum Gasteiger partial charge on any atom is 0.165 e. The zero-order chi connectivity index (χ0) is 11.5. The zero-order valence-electron chi connectivity index (χ0n) is 8.41. The van der Waals surface area contributed by atoms with Crippen LogP contribution in [-0.4, -0.2) is 0 Å². The Balaban J connectivity index is 2.26. The van der Waals surface area contributed by atoms with Gasteiger partial charge in [0.1, 0.15) is 11.6 Å². The Bertz CT molecular complexity index is 492. The summed E-state index contributed by atoms with van der Waals surface area (Å²) in [6.07, 6.45) is 0. The van der Waals surface area contributed by atoms with Crippen LogP contribution in [0.5, 0.6) is 11.5 Å². The maximum absolute atomic E-state index is 13.3. The number of halogens is 2. The van der Waals surface area contributed by atoms with Crippen LogP contribution >= 0.6 is 0 Å². The highest BCUT2D eigenvalue weighted by Gasteiger charge is 2.04. The first-order valence-electron chi connectivity index (χ1n) is 4.70. The zero-order valence-corrected chi connectivity index (χ0v) is 8.41. The van der Waals surface area contributed by atoms with Gasteiger partial charge in [-0.05, 0) is 48.9 Å². The van der Waals surface area contributed by atoms with Crippen molar-refractivity contribution in [1.29, 1.82) is 0 Å². The van der Waals surface area contributed by atoms with E-state index in [0.717, 1.165) is 0 Å². The molecule has 1 radical (unpaired) electrons. The van der Waals surface area contributed by atoms with Crippen LogP contribution in [0.15, 0.2) is 42.5 Å². The quantitative estimate of drug-likeness (QED) is 0.743. The lowest BCUT2D eigenvalue weighted by atomic mass is 10.2. The number of hydrogen-bond acceptors (Lipinski definition) is 1. The first-order valence-corrected chi connectivity index (χ1v) is 4.70. The summed E-state index contributed by atoms with van der Waals surface area (Å²) < 4.78 is 31.2. The molecule has 0 amide bonds. The van der Waals surface area contributed by atoms with E-state index < -0.39 is 5.82 Å². The first-order chi connectivity index (χ1) is 7.65. The van der Waals surface area contributed by atoms with Crippen LogP contribution in [0.3, 0.4) is 0 Å². The van der Waals surface area contributed by atoms with Gasteiger partial charge in [-0.3, -0.25) is 0 Å². The Kier molecular flexibility index (Phi) is 2.86. The van der Waals surface area contributed by atoms with E-state index in [2.05, 4.69) is 6.92 Å². The van der Waals surface area contributed by atoms with Crippen LogP contribution in [0.1, 0.15) is 5.56 Å². The Hall–Kier alpha value is -1.90. The molecule has 0 fully saturated rings. The molecule has 3 heteroatoms. The fraction of sp³-hybridized carbons (Fsp3) is 0. The summed E-state index contributed by atoms with van der Waals surface area (Å²) in [5.41, 5.74) is 0.651. The van der Waals surface area contributed by atoms with Crippen LogP contribution < -0.4 is 4.74 Å². The highest BCUT2D eigenvalue weighted by Crippen LogP contribution is 2.25. The Morgan fingerprint density at radius 1 is 0.938 bits per heavy atom. The Morgan fingerprint density at radius 2 is 1.62 bits per heavy atom. The molecule has 0 aliphatic carbocycles. The molecule has 0 unspecified atom stereocenters. The molecule has 0 heterocycles. The van der Waals surface area contributed by atoms with Gasteiger partial charge in [0.15, 0.2) is 11.6 Å². The fourth-order valence-corrected chi connectivity index (χ4v) is 1.26. The van der Waals surface area contributed by atoms with Gasteiger partial charge in [0, 0.05) is 0 Å². The molecule has 16 heavy (non-hydrogen) atoms. The predicted octanol–water partition coefficient (Wildman–Crippen LogP) is 3.94. The summed E-state index contributed by atoms with van der Waals surface area (Å²) in [4.78, 5) is 0. The predicted molar refractivity (Wildman–Crippen MR) is 57.3 cm³/mol. The van der Waals surface area contributed by atoms with Crippen LogP contribution in [0.4, 0.5) is 8.78 Å². The van der Waals surface area contributed by atoms with Crippen LogP contribution in [0.25, 0.3) is 0 Å². The fourth-order valence-electron chi connectivity index (χ4n) is 1.26. The standard InChI is InChI=1S/C13H9F2O/c1-9-2-7-12(15)13(8-9)16-11-5-3-10(14)4-6-11/h2-8H,1H2. The Labute approximate surface area is 92.3 Å². The van der Waals surface area contributed by atoms with E-state index >= 15 is 0 Å². The molecule has 0 spiro atoms. The summed E-state index contributed by atoms with van der Waals surface area (Å²) in [6.45, 7) is 3.67. The van der Waals surface area contributed by atoms with Gasteiger partial charge >= 0.3 is 0 Å². The third-order valence-corrected chi connectivity index (χ3v) is 2.04. The third kappa shape index (κ3) is 2.37. The average molecular weight is 219 g/mol. The van der Waals surface area contributed by atoms with E-state index in [1.807, 2.05) is 0 Å². The van der Waals surface area contributed by atoms with Gasteiger partial charge in [-0.2, -0.15) is 0 Å². The number of benzene rings is 2. The van der Waals surface area contributed by atoms with Gasteiger partial charge in [-0.1, -0.05) is 6.07 Å². The van der Waals surface area contributed by atoms with E-state index in [4.69, 9.17) is 4.74 Å². The molecule has 2 rings (SSSR count). The second-order valence-electron chi connectivity index (χ2n) is 3.32. The van der Waals surface area contributed by atoms with Crippen LogP contribution in [-0.2, 0) is 0 Å². The minimum atomic E-state index is -0.475. The summed E-state index contributed by atoms with van der Waals surface area (Å²) >= 11 is 0. The van der Waals surface area contributed by atoms with Gasteiger partial charge in [0.25, 0.3) is 0 Å². The van der Waals surface area contributed by atoms with Crippen molar-refractivity contribution < 1.29 is 13.5 Å². The Morgan fingerprint density at radius 3 is 2.31 bits per heavy atom. The molecule has 0 bridgehead atoms.